The molecule has 0 spiro atoms. The van der Waals surface area contributed by atoms with Crippen LogP contribution in [0.2, 0.25) is 4.34 Å². The lowest BCUT2D eigenvalue weighted by molar-refractivity contribution is 0.616. The molecule has 0 saturated carbocycles. The highest BCUT2D eigenvalue weighted by Crippen LogP contribution is 2.32. The molecule has 1 nitrogen and oxygen atoms in total. The number of benzene rings is 1. The molecule has 1 unspecified atom stereocenters. The van der Waals surface area contributed by atoms with Gasteiger partial charge in [0.1, 0.15) is 5.82 Å². The zero-order valence-corrected chi connectivity index (χ0v) is 11.2. The van der Waals surface area contributed by atoms with E-state index in [9.17, 15) is 4.39 Å². The van der Waals surface area contributed by atoms with Crippen molar-refractivity contribution in [3.8, 4) is 0 Å². The molecule has 1 atom stereocenters. The third-order valence-corrected chi connectivity index (χ3v) is 4.02. The normalized spacial score (nSPS) is 12.7. The highest BCUT2D eigenvalue weighted by atomic mass is 35.5. The van der Waals surface area contributed by atoms with Gasteiger partial charge in [-0.1, -0.05) is 17.7 Å². The van der Waals surface area contributed by atoms with Crippen LogP contribution in [0.25, 0.3) is 0 Å². The van der Waals surface area contributed by atoms with Gasteiger partial charge in [-0.25, -0.2) is 4.39 Å². The van der Waals surface area contributed by atoms with Crippen LogP contribution in [0.5, 0.6) is 0 Å². The number of hydrogen-bond acceptors (Lipinski definition) is 2. The van der Waals surface area contributed by atoms with Crippen molar-refractivity contribution in [2.75, 3.05) is 7.05 Å². The van der Waals surface area contributed by atoms with Crippen molar-refractivity contribution in [3.05, 3.63) is 56.5 Å². The Morgan fingerprint density at radius 2 is 2.06 bits per heavy atom. The lowest BCUT2D eigenvalue weighted by atomic mass is 10.00. The molecule has 0 bridgehead atoms. The summed E-state index contributed by atoms with van der Waals surface area (Å²) in [5.41, 5.74) is 2.02. The van der Waals surface area contributed by atoms with Crippen molar-refractivity contribution in [1.82, 2.24) is 5.32 Å². The molecule has 0 radical (unpaired) electrons. The van der Waals surface area contributed by atoms with Crippen LogP contribution in [-0.4, -0.2) is 7.05 Å². The first-order valence-electron chi connectivity index (χ1n) is 5.30. The summed E-state index contributed by atoms with van der Waals surface area (Å²) in [6.45, 7) is 1.98. The van der Waals surface area contributed by atoms with E-state index in [1.54, 1.807) is 12.1 Å². The van der Waals surface area contributed by atoms with Crippen LogP contribution in [0.15, 0.2) is 30.3 Å². The van der Waals surface area contributed by atoms with E-state index in [4.69, 9.17) is 11.6 Å². The number of thiophene rings is 1. The third kappa shape index (κ3) is 2.68. The first kappa shape index (κ1) is 12.6. The molecule has 1 heterocycles. The van der Waals surface area contributed by atoms with Crippen molar-refractivity contribution in [1.29, 1.82) is 0 Å². The molecule has 1 N–H and O–H groups in total. The lowest BCUT2D eigenvalue weighted by Gasteiger charge is -2.17. The van der Waals surface area contributed by atoms with Crippen molar-refractivity contribution in [2.24, 2.45) is 0 Å². The molecule has 0 aliphatic carbocycles. The van der Waals surface area contributed by atoms with Gasteiger partial charge >= 0.3 is 0 Å². The maximum atomic E-state index is 13.3. The number of rotatable bonds is 3. The Morgan fingerprint density at radius 1 is 1.29 bits per heavy atom. The van der Waals surface area contributed by atoms with Crippen molar-refractivity contribution < 1.29 is 4.39 Å². The van der Waals surface area contributed by atoms with Crippen LogP contribution in [0.4, 0.5) is 4.39 Å². The first-order valence-corrected chi connectivity index (χ1v) is 6.50. The predicted octanol–water partition coefficient (Wildman–Crippen LogP) is 4.16. The second-order valence-electron chi connectivity index (χ2n) is 3.86. The zero-order valence-electron chi connectivity index (χ0n) is 9.63. The summed E-state index contributed by atoms with van der Waals surface area (Å²) in [5, 5.41) is 3.20. The van der Waals surface area contributed by atoms with E-state index in [0.29, 0.717) is 0 Å². The molecule has 0 aliphatic rings. The Hall–Kier alpha value is -0.900. The average molecular weight is 270 g/mol. The number of hydrogen-bond donors (Lipinski definition) is 1. The highest BCUT2D eigenvalue weighted by molar-refractivity contribution is 7.16. The van der Waals surface area contributed by atoms with Gasteiger partial charge in [0, 0.05) is 4.88 Å². The third-order valence-electron chi connectivity index (χ3n) is 2.72. The smallest absolute Gasteiger partial charge is 0.123 e. The molecular formula is C13H13ClFNS. The number of nitrogens with one attached hydrogen (secondary N) is 1. The fourth-order valence-corrected chi connectivity index (χ4v) is 3.05. The lowest BCUT2D eigenvalue weighted by Crippen LogP contribution is -2.17. The van der Waals surface area contributed by atoms with Gasteiger partial charge in [0.05, 0.1) is 10.4 Å². The number of aryl methyl sites for hydroxylation is 1. The summed E-state index contributed by atoms with van der Waals surface area (Å²) in [6, 6.07) is 8.67. The van der Waals surface area contributed by atoms with Gasteiger partial charge in [0.25, 0.3) is 0 Å². The van der Waals surface area contributed by atoms with Gasteiger partial charge in [0.2, 0.25) is 0 Å². The maximum Gasteiger partial charge on any atom is 0.123 e. The fourth-order valence-electron chi connectivity index (χ4n) is 1.86. The van der Waals surface area contributed by atoms with Crippen LogP contribution in [0.1, 0.15) is 22.0 Å². The number of halogens is 2. The van der Waals surface area contributed by atoms with E-state index in [-0.39, 0.29) is 11.9 Å². The summed E-state index contributed by atoms with van der Waals surface area (Å²) in [7, 11) is 1.86. The summed E-state index contributed by atoms with van der Waals surface area (Å²) in [5.74, 6) is -0.214. The monoisotopic (exact) mass is 269 g/mol. The van der Waals surface area contributed by atoms with Crippen LogP contribution in [-0.2, 0) is 0 Å². The molecule has 0 fully saturated rings. The molecule has 1 aromatic heterocycles. The predicted molar refractivity (Wildman–Crippen MR) is 71.4 cm³/mol. The minimum absolute atomic E-state index is 0.0109. The van der Waals surface area contributed by atoms with Gasteiger partial charge in [-0.15, -0.1) is 11.3 Å². The fraction of sp³-hybridized carbons (Fsp3) is 0.231. The molecule has 17 heavy (non-hydrogen) atoms. The van der Waals surface area contributed by atoms with E-state index in [2.05, 4.69) is 5.32 Å². The van der Waals surface area contributed by atoms with Gasteiger partial charge in [-0.3, -0.25) is 0 Å². The van der Waals surface area contributed by atoms with Crippen molar-refractivity contribution in [2.45, 2.75) is 13.0 Å². The zero-order chi connectivity index (χ0) is 12.4. The molecule has 0 aliphatic heterocycles. The Morgan fingerprint density at radius 3 is 2.65 bits per heavy atom. The molecule has 0 amide bonds. The average Bonchev–Trinajstić information content (AvgIpc) is 2.71. The molecule has 4 heteroatoms. The molecule has 90 valence electrons. The minimum atomic E-state index is -0.214. The Kier molecular flexibility index (Phi) is 3.82. The Bertz CT molecular complexity index is 524. The van der Waals surface area contributed by atoms with E-state index in [1.165, 1.54) is 17.4 Å². The molecule has 0 saturated heterocycles. The SMILES string of the molecule is CNC(c1ccc(Cl)s1)c1cc(F)ccc1C. The highest BCUT2D eigenvalue weighted by Gasteiger charge is 2.16. The molecular weight excluding hydrogens is 257 g/mol. The summed E-state index contributed by atoms with van der Waals surface area (Å²) >= 11 is 7.45. The summed E-state index contributed by atoms with van der Waals surface area (Å²) < 4.78 is 14.1. The Labute approximate surface area is 109 Å². The van der Waals surface area contributed by atoms with Crippen LogP contribution < -0.4 is 5.32 Å². The molecule has 1 aromatic carbocycles. The first-order chi connectivity index (χ1) is 8.11. The topological polar surface area (TPSA) is 12.0 Å². The van der Waals surface area contributed by atoms with E-state index in [1.807, 2.05) is 26.1 Å². The standard InChI is InChI=1S/C13H13ClFNS/c1-8-3-4-9(15)7-10(8)13(16-2)11-5-6-12(14)17-11/h3-7,13,16H,1-2H3. The van der Waals surface area contributed by atoms with Gasteiger partial charge in [0.15, 0.2) is 0 Å². The van der Waals surface area contributed by atoms with Gasteiger partial charge in [-0.2, -0.15) is 0 Å². The van der Waals surface area contributed by atoms with Crippen LogP contribution in [0.3, 0.4) is 0 Å². The van der Waals surface area contributed by atoms with Crippen molar-refractivity contribution in [3.63, 3.8) is 0 Å². The van der Waals surface area contributed by atoms with E-state index >= 15 is 0 Å². The van der Waals surface area contributed by atoms with Crippen LogP contribution >= 0.6 is 22.9 Å². The molecule has 2 aromatic rings. The van der Waals surface area contributed by atoms with Crippen LogP contribution in [0, 0.1) is 12.7 Å². The largest absolute Gasteiger partial charge is 0.309 e. The van der Waals surface area contributed by atoms with E-state index in [0.717, 1.165) is 20.3 Å². The van der Waals surface area contributed by atoms with Gasteiger partial charge in [-0.05, 0) is 49.4 Å². The van der Waals surface area contributed by atoms with Crippen molar-refractivity contribution >= 4 is 22.9 Å². The maximum absolute atomic E-state index is 13.3. The molecule has 2 rings (SSSR count). The Balaban J connectivity index is 2.45. The second-order valence-corrected chi connectivity index (χ2v) is 5.61. The summed E-state index contributed by atoms with van der Waals surface area (Å²) in [6.07, 6.45) is 0. The van der Waals surface area contributed by atoms with E-state index < -0.39 is 0 Å². The quantitative estimate of drug-likeness (QED) is 0.882. The summed E-state index contributed by atoms with van der Waals surface area (Å²) in [4.78, 5) is 1.09. The van der Waals surface area contributed by atoms with Gasteiger partial charge < -0.3 is 5.32 Å². The second kappa shape index (κ2) is 5.17. The minimum Gasteiger partial charge on any atom is -0.309 e.